The molecule has 1 N–H and O–H groups in total. The van der Waals surface area contributed by atoms with Crippen LogP contribution in [0.2, 0.25) is 0 Å². The molecule has 1 aromatic rings. The van der Waals surface area contributed by atoms with Crippen LogP contribution >= 0.6 is 11.7 Å². The first-order chi connectivity index (χ1) is 4.97. The van der Waals surface area contributed by atoms with E-state index in [1.165, 1.54) is 18.1 Å². The lowest BCUT2D eigenvalue weighted by Crippen LogP contribution is -2.07. The largest absolute Gasteiger partial charge is 0.316 e. The van der Waals surface area contributed by atoms with Crippen molar-refractivity contribution in [3.05, 3.63) is 11.9 Å². The second-order valence-electron chi connectivity index (χ2n) is 2.52. The predicted octanol–water partition coefficient (Wildman–Crippen LogP) is 0.615. The molecule has 1 unspecified atom stereocenters. The standard InChI is InChI=1S/C6H9N3S/c1-2-7-3-5(1)6-4-8-10-9-6/h4-5,7H,1-3H2. The Kier molecular flexibility index (Phi) is 1.65. The van der Waals surface area contributed by atoms with E-state index < -0.39 is 0 Å². The molecule has 0 saturated carbocycles. The number of rotatable bonds is 1. The summed E-state index contributed by atoms with van der Waals surface area (Å²) in [6.07, 6.45) is 3.09. The van der Waals surface area contributed by atoms with Crippen molar-refractivity contribution in [3.8, 4) is 0 Å². The van der Waals surface area contributed by atoms with Crippen molar-refractivity contribution in [3.63, 3.8) is 0 Å². The fourth-order valence-corrected chi connectivity index (χ4v) is 1.75. The Hall–Kier alpha value is -0.480. The summed E-state index contributed by atoms with van der Waals surface area (Å²) in [4.78, 5) is 0. The summed E-state index contributed by atoms with van der Waals surface area (Å²) in [5, 5.41) is 3.30. The Morgan fingerprint density at radius 2 is 2.70 bits per heavy atom. The molecule has 0 aliphatic carbocycles. The van der Waals surface area contributed by atoms with E-state index in [1.54, 1.807) is 0 Å². The van der Waals surface area contributed by atoms with E-state index in [4.69, 9.17) is 0 Å². The molecule has 54 valence electrons. The summed E-state index contributed by atoms with van der Waals surface area (Å²) in [6.45, 7) is 2.20. The van der Waals surface area contributed by atoms with Crippen molar-refractivity contribution in [2.24, 2.45) is 0 Å². The molecular formula is C6H9N3S. The average molecular weight is 155 g/mol. The second kappa shape index (κ2) is 2.64. The van der Waals surface area contributed by atoms with Crippen molar-refractivity contribution in [1.82, 2.24) is 14.1 Å². The molecule has 0 spiro atoms. The summed E-state index contributed by atoms with van der Waals surface area (Å²) in [6, 6.07) is 0. The van der Waals surface area contributed by atoms with Gasteiger partial charge in [-0.3, -0.25) is 0 Å². The maximum Gasteiger partial charge on any atom is 0.0787 e. The summed E-state index contributed by atoms with van der Waals surface area (Å²) in [5.41, 5.74) is 1.16. The van der Waals surface area contributed by atoms with E-state index in [9.17, 15) is 0 Å². The molecule has 3 nitrogen and oxygen atoms in total. The highest BCUT2D eigenvalue weighted by molar-refractivity contribution is 6.99. The van der Waals surface area contributed by atoms with Crippen molar-refractivity contribution in [2.75, 3.05) is 13.1 Å². The first-order valence-electron chi connectivity index (χ1n) is 3.45. The zero-order valence-corrected chi connectivity index (χ0v) is 6.40. The van der Waals surface area contributed by atoms with Gasteiger partial charge < -0.3 is 5.32 Å². The van der Waals surface area contributed by atoms with Crippen molar-refractivity contribution in [2.45, 2.75) is 12.3 Å². The number of nitrogens with one attached hydrogen (secondary N) is 1. The van der Waals surface area contributed by atoms with E-state index in [0.29, 0.717) is 5.92 Å². The second-order valence-corrected chi connectivity index (χ2v) is 3.08. The Morgan fingerprint density at radius 1 is 1.70 bits per heavy atom. The lowest BCUT2D eigenvalue weighted by atomic mass is 10.1. The molecule has 4 heteroatoms. The quantitative estimate of drug-likeness (QED) is 0.646. The Labute approximate surface area is 63.8 Å². The van der Waals surface area contributed by atoms with Crippen LogP contribution in [0.25, 0.3) is 0 Å². The van der Waals surface area contributed by atoms with Gasteiger partial charge in [-0.15, -0.1) is 0 Å². The van der Waals surface area contributed by atoms with Gasteiger partial charge in [-0.1, -0.05) is 0 Å². The van der Waals surface area contributed by atoms with Gasteiger partial charge in [0.2, 0.25) is 0 Å². The van der Waals surface area contributed by atoms with Crippen LogP contribution in [0.5, 0.6) is 0 Å². The summed E-state index contributed by atoms with van der Waals surface area (Å²) >= 11 is 1.30. The summed E-state index contributed by atoms with van der Waals surface area (Å²) in [7, 11) is 0. The molecule has 0 aromatic carbocycles. The zero-order chi connectivity index (χ0) is 6.81. The zero-order valence-electron chi connectivity index (χ0n) is 5.58. The first kappa shape index (κ1) is 6.24. The van der Waals surface area contributed by atoms with E-state index in [-0.39, 0.29) is 0 Å². The fourth-order valence-electron chi connectivity index (χ4n) is 1.26. The van der Waals surface area contributed by atoms with Crippen LogP contribution in [0.3, 0.4) is 0 Å². The molecule has 0 amide bonds. The van der Waals surface area contributed by atoms with Gasteiger partial charge in [0.1, 0.15) is 0 Å². The maximum absolute atomic E-state index is 4.19. The van der Waals surface area contributed by atoms with Crippen LogP contribution in [0, 0.1) is 0 Å². The molecular weight excluding hydrogens is 146 g/mol. The smallest absolute Gasteiger partial charge is 0.0787 e. The summed E-state index contributed by atoms with van der Waals surface area (Å²) < 4.78 is 8.16. The van der Waals surface area contributed by atoms with Crippen LogP contribution in [0.4, 0.5) is 0 Å². The fraction of sp³-hybridized carbons (Fsp3) is 0.667. The minimum atomic E-state index is 0.624. The van der Waals surface area contributed by atoms with E-state index >= 15 is 0 Å². The van der Waals surface area contributed by atoms with E-state index in [2.05, 4.69) is 14.1 Å². The third-order valence-corrected chi connectivity index (χ3v) is 2.35. The molecule has 0 bridgehead atoms. The molecule has 1 fully saturated rings. The first-order valence-corrected chi connectivity index (χ1v) is 4.18. The predicted molar refractivity (Wildman–Crippen MR) is 40.1 cm³/mol. The van der Waals surface area contributed by atoms with Gasteiger partial charge in [0, 0.05) is 12.5 Å². The van der Waals surface area contributed by atoms with Crippen LogP contribution < -0.4 is 5.32 Å². The van der Waals surface area contributed by atoms with Crippen LogP contribution in [0.15, 0.2) is 6.20 Å². The van der Waals surface area contributed by atoms with Crippen LogP contribution in [-0.2, 0) is 0 Å². The Balaban J connectivity index is 2.12. The highest BCUT2D eigenvalue weighted by Crippen LogP contribution is 2.19. The van der Waals surface area contributed by atoms with Crippen molar-refractivity contribution >= 4 is 11.7 Å². The van der Waals surface area contributed by atoms with Gasteiger partial charge in [-0.25, -0.2) is 0 Å². The third kappa shape index (κ3) is 1.04. The molecule has 1 atom stereocenters. The van der Waals surface area contributed by atoms with Gasteiger partial charge in [-0.05, 0) is 13.0 Å². The molecule has 0 radical (unpaired) electrons. The average Bonchev–Trinajstić information content (AvgIpc) is 2.59. The summed E-state index contributed by atoms with van der Waals surface area (Å²) in [5.74, 6) is 0.624. The van der Waals surface area contributed by atoms with Gasteiger partial charge >= 0.3 is 0 Å². The van der Waals surface area contributed by atoms with Crippen LogP contribution in [0.1, 0.15) is 18.0 Å². The minimum absolute atomic E-state index is 0.624. The van der Waals surface area contributed by atoms with Crippen molar-refractivity contribution < 1.29 is 0 Å². The van der Waals surface area contributed by atoms with Crippen molar-refractivity contribution in [1.29, 1.82) is 0 Å². The molecule has 1 aromatic heterocycles. The highest BCUT2D eigenvalue weighted by atomic mass is 32.1. The van der Waals surface area contributed by atoms with Gasteiger partial charge in [-0.2, -0.15) is 8.75 Å². The third-order valence-electron chi connectivity index (χ3n) is 1.86. The Bertz CT molecular complexity index is 191. The number of nitrogens with zero attached hydrogens (tertiary/aromatic N) is 2. The maximum atomic E-state index is 4.19. The number of hydrogen-bond acceptors (Lipinski definition) is 4. The molecule has 1 saturated heterocycles. The highest BCUT2D eigenvalue weighted by Gasteiger charge is 2.18. The van der Waals surface area contributed by atoms with Crippen LogP contribution in [-0.4, -0.2) is 21.8 Å². The van der Waals surface area contributed by atoms with Gasteiger partial charge in [0.25, 0.3) is 0 Å². The normalized spacial score (nSPS) is 25.4. The monoisotopic (exact) mass is 155 g/mol. The lowest BCUT2D eigenvalue weighted by Gasteiger charge is -1.99. The molecule has 1 aliphatic rings. The molecule has 2 heterocycles. The number of aromatic nitrogens is 2. The SMILES string of the molecule is c1nsnc1C1CCNC1. The Morgan fingerprint density at radius 3 is 3.30 bits per heavy atom. The minimum Gasteiger partial charge on any atom is -0.316 e. The van der Waals surface area contributed by atoms with E-state index in [1.807, 2.05) is 6.20 Å². The van der Waals surface area contributed by atoms with Gasteiger partial charge in [0.05, 0.1) is 23.6 Å². The lowest BCUT2D eigenvalue weighted by molar-refractivity contribution is 0.744. The molecule has 1 aliphatic heterocycles. The topological polar surface area (TPSA) is 37.8 Å². The molecule has 2 rings (SSSR count). The molecule has 10 heavy (non-hydrogen) atoms. The number of hydrogen-bond donors (Lipinski definition) is 1. The van der Waals surface area contributed by atoms with E-state index in [0.717, 1.165) is 18.8 Å². The van der Waals surface area contributed by atoms with Gasteiger partial charge in [0.15, 0.2) is 0 Å².